The molecule has 1 nitrogen and oxygen atoms in total. The summed E-state index contributed by atoms with van der Waals surface area (Å²) in [6.45, 7) is 0. The van der Waals surface area contributed by atoms with Crippen molar-refractivity contribution >= 4 is 31.5 Å². The zero-order valence-corrected chi connectivity index (χ0v) is 8.60. The van der Waals surface area contributed by atoms with E-state index >= 15 is 0 Å². The fraction of sp³-hybridized carbons (Fsp3) is 0. The van der Waals surface area contributed by atoms with Gasteiger partial charge in [-0.3, -0.25) is 4.79 Å². The Labute approximate surface area is 90.6 Å². The van der Waals surface area contributed by atoms with Gasteiger partial charge in [-0.2, -0.15) is 0 Å². The van der Waals surface area contributed by atoms with Gasteiger partial charge in [0.15, 0.2) is 5.43 Å². The first-order valence-corrected chi connectivity index (χ1v) is 5.41. The zero-order valence-electron chi connectivity index (χ0n) is 7.78. The second-order valence-corrected chi connectivity index (χ2v) is 4.37. The maximum atomic E-state index is 12.1. The van der Waals surface area contributed by atoms with Gasteiger partial charge in [0.1, 0.15) is 0 Å². The summed E-state index contributed by atoms with van der Waals surface area (Å²) < 4.78 is 1.99. The molecule has 15 heavy (non-hydrogen) atoms. The molecule has 0 unspecified atom stereocenters. The van der Waals surface area contributed by atoms with Crippen molar-refractivity contribution in [3.8, 4) is 0 Å². The molecule has 0 aliphatic heterocycles. The first-order valence-electron chi connectivity index (χ1n) is 4.59. The number of fused-ring (bicyclic) bond motifs is 2. The van der Waals surface area contributed by atoms with Crippen LogP contribution in [0.3, 0.4) is 0 Å². The van der Waals surface area contributed by atoms with E-state index in [1.54, 1.807) is 17.4 Å². The van der Waals surface area contributed by atoms with Crippen LogP contribution in [0, 0.1) is 12.1 Å². The normalized spacial score (nSPS) is 10.4. The summed E-state index contributed by atoms with van der Waals surface area (Å²) in [5.74, 6) is 0. The van der Waals surface area contributed by atoms with E-state index in [1.807, 2.05) is 30.3 Å². The molecule has 0 saturated carbocycles. The van der Waals surface area contributed by atoms with E-state index in [1.165, 1.54) is 0 Å². The highest BCUT2D eigenvalue weighted by molar-refractivity contribution is 7.24. The van der Waals surface area contributed by atoms with Crippen LogP contribution < -0.4 is 5.43 Å². The Kier molecular flexibility index (Phi) is 1.74. The van der Waals surface area contributed by atoms with Gasteiger partial charge in [-0.05, 0) is 12.1 Å². The smallest absolute Gasteiger partial charge is 0.196 e. The molecule has 0 amide bonds. The third-order valence-electron chi connectivity index (χ3n) is 2.36. The maximum absolute atomic E-state index is 12.1. The summed E-state index contributed by atoms with van der Waals surface area (Å²) in [6.07, 6.45) is 0. The Balaban J connectivity index is 2.66. The lowest BCUT2D eigenvalue weighted by atomic mass is 10.2. The molecule has 3 rings (SSSR count). The van der Waals surface area contributed by atoms with Crippen molar-refractivity contribution in [2.24, 2.45) is 0 Å². The van der Waals surface area contributed by atoms with E-state index in [-0.39, 0.29) is 5.43 Å². The lowest BCUT2D eigenvalue weighted by Crippen LogP contribution is -1.99. The molecule has 0 aliphatic carbocycles. The van der Waals surface area contributed by atoms with Crippen molar-refractivity contribution in [2.45, 2.75) is 0 Å². The highest BCUT2D eigenvalue weighted by Gasteiger charge is 2.03. The molecular weight excluding hydrogens is 204 g/mol. The second kappa shape index (κ2) is 3.08. The molecule has 0 spiro atoms. The van der Waals surface area contributed by atoms with E-state index in [4.69, 9.17) is 0 Å². The molecule has 0 fully saturated rings. The number of rotatable bonds is 0. The third kappa shape index (κ3) is 1.21. The monoisotopic (exact) mass is 210 g/mol. The van der Waals surface area contributed by atoms with Crippen LogP contribution in [0.1, 0.15) is 0 Å². The molecule has 0 radical (unpaired) electrons. The second-order valence-electron chi connectivity index (χ2n) is 3.28. The van der Waals surface area contributed by atoms with Crippen LogP contribution in [0.15, 0.2) is 41.2 Å². The summed E-state index contributed by atoms with van der Waals surface area (Å²) in [7, 11) is 0. The molecular formula is C13H6OS. The fourth-order valence-corrected chi connectivity index (χ4v) is 2.67. The van der Waals surface area contributed by atoms with Gasteiger partial charge in [0.2, 0.25) is 0 Å². The lowest BCUT2D eigenvalue weighted by Gasteiger charge is -1.97. The number of hydrogen-bond acceptors (Lipinski definition) is 2. The standard InChI is InChI=1S/C13H6OS/c14-13-9-5-1-3-7-11(9)15-12-8-4-2-6-10(12)13/h1,3,5-8H. The van der Waals surface area contributed by atoms with Gasteiger partial charge in [0, 0.05) is 32.3 Å². The Morgan fingerprint density at radius 2 is 1.73 bits per heavy atom. The first-order chi connectivity index (χ1) is 7.36. The molecule has 1 aromatic heterocycles. The maximum Gasteiger partial charge on any atom is 0.196 e. The minimum absolute atomic E-state index is 0.0876. The molecule has 2 heteroatoms. The minimum Gasteiger partial charge on any atom is -0.288 e. The Morgan fingerprint density at radius 1 is 0.933 bits per heavy atom. The van der Waals surface area contributed by atoms with E-state index in [0.717, 1.165) is 20.2 Å². The van der Waals surface area contributed by atoms with Crippen LogP contribution in [-0.4, -0.2) is 0 Å². The summed E-state index contributed by atoms with van der Waals surface area (Å²) in [5.41, 5.74) is 0.0876. The molecule has 1 heterocycles. The average Bonchev–Trinajstić information content (AvgIpc) is 2.30. The van der Waals surface area contributed by atoms with Crippen molar-refractivity contribution in [3.63, 3.8) is 0 Å². The van der Waals surface area contributed by atoms with Crippen LogP contribution in [-0.2, 0) is 0 Å². The van der Waals surface area contributed by atoms with Gasteiger partial charge in [0.05, 0.1) is 0 Å². The fourth-order valence-electron chi connectivity index (χ4n) is 1.64. The van der Waals surface area contributed by atoms with Crippen molar-refractivity contribution in [1.82, 2.24) is 0 Å². The van der Waals surface area contributed by atoms with Crippen LogP contribution in [0.5, 0.6) is 0 Å². The summed E-state index contributed by atoms with van der Waals surface area (Å²) in [6, 6.07) is 16.9. The number of hydrogen-bond donors (Lipinski definition) is 0. The van der Waals surface area contributed by atoms with Crippen LogP contribution >= 0.6 is 11.3 Å². The molecule has 0 atom stereocenters. The van der Waals surface area contributed by atoms with E-state index in [0.29, 0.717) is 0 Å². The Hall–Kier alpha value is -1.85. The summed E-state index contributed by atoms with van der Waals surface area (Å²) in [4.78, 5) is 12.1. The van der Waals surface area contributed by atoms with Gasteiger partial charge >= 0.3 is 0 Å². The summed E-state index contributed by atoms with van der Waals surface area (Å²) >= 11 is 1.61. The van der Waals surface area contributed by atoms with Crippen LogP contribution in [0.25, 0.3) is 20.2 Å². The molecule has 0 aliphatic rings. The summed E-state index contributed by atoms with van der Waals surface area (Å²) in [5, 5.41) is 1.52. The van der Waals surface area contributed by atoms with Crippen molar-refractivity contribution in [2.75, 3.05) is 0 Å². The van der Waals surface area contributed by atoms with Gasteiger partial charge in [-0.25, -0.2) is 0 Å². The van der Waals surface area contributed by atoms with Crippen LogP contribution in [0.4, 0.5) is 0 Å². The first kappa shape index (κ1) is 8.46. The molecule has 0 saturated heterocycles. The van der Waals surface area contributed by atoms with Crippen molar-refractivity contribution in [3.05, 3.63) is 58.8 Å². The molecule has 3 aromatic rings. The van der Waals surface area contributed by atoms with Crippen molar-refractivity contribution in [1.29, 1.82) is 0 Å². The minimum atomic E-state index is 0.0876. The quantitative estimate of drug-likeness (QED) is 0.557. The van der Waals surface area contributed by atoms with E-state index < -0.39 is 0 Å². The molecule has 0 bridgehead atoms. The van der Waals surface area contributed by atoms with Gasteiger partial charge in [0.25, 0.3) is 0 Å². The van der Waals surface area contributed by atoms with Crippen molar-refractivity contribution < 1.29 is 0 Å². The third-order valence-corrected chi connectivity index (χ3v) is 3.50. The highest BCUT2D eigenvalue weighted by Crippen LogP contribution is 2.22. The van der Waals surface area contributed by atoms with Crippen LogP contribution in [0.2, 0.25) is 0 Å². The van der Waals surface area contributed by atoms with E-state index in [9.17, 15) is 4.79 Å². The predicted octanol–water partition coefficient (Wildman–Crippen LogP) is 3.02. The van der Waals surface area contributed by atoms with E-state index in [2.05, 4.69) is 12.1 Å². The Morgan fingerprint density at radius 3 is 2.67 bits per heavy atom. The zero-order chi connectivity index (χ0) is 10.3. The average molecular weight is 210 g/mol. The van der Waals surface area contributed by atoms with Gasteiger partial charge in [-0.1, -0.05) is 24.3 Å². The highest BCUT2D eigenvalue weighted by atomic mass is 32.1. The van der Waals surface area contributed by atoms with Gasteiger partial charge in [-0.15, -0.1) is 11.3 Å². The lowest BCUT2D eigenvalue weighted by molar-refractivity contribution is 1.76. The topological polar surface area (TPSA) is 17.1 Å². The molecule has 0 N–H and O–H groups in total. The number of benzene rings is 1. The largest absolute Gasteiger partial charge is 0.288 e. The SMILES string of the molecule is O=c1c2cc#ccc2sc2ccccc12. The molecule has 2 aromatic carbocycles. The Bertz CT molecular complexity index is 640. The predicted molar refractivity (Wildman–Crippen MR) is 63.3 cm³/mol. The molecule has 70 valence electrons. The van der Waals surface area contributed by atoms with Gasteiger partial charge < -0.3 is 0 Å².